The first kappa shape index (κ1) is 18.5. The van der Waals surface area contributed by atoms with Crippen LogP contribution >= 0.6 is 11.6 Å². The Morgan fingerprint density at radius 1 is 1.11 bits per heavy atom. The van der Waals surface area contributed by atoms with E-state index in [0.717, 1.165) is 16.8 Å². The molecule has 0 aliphatic carbocycles. The standard InChI is InChI=1S/C22H20ClN3O2/c1-16(18-9-11-19(23)12-10-18)24-26-21(27)15-25(14-17-6-3-2-4-7-17)22(26)20-8-5-13-28-20/h2-13,22H,14-15H2,1H3/b24-16-/t22-/m0/s1. The van der Waals surface area contributed by atoms with Gasteiger partial charge in [-0.25, -0.2) is 5.01 Å². The molecule has 3 aromatic rings. The van der Waals surface area contributed by atoms with Crippen molar-refractivity contribution in [1.82, 2.24) is 9.91 Å². The summed E-state index contributed by atoms with van der Waals surface area (Å²) in [4.78, 5) is 14.9. The summed E-state index contributed by atoms with van der Waals surface area (Å²) in [5, 5.41) is 6.82. The van der Waals surface area contributed by atoms with Crippen LogP contribution in [0, 0.1) is 0 Å². The molecule has 4 rings (SSSR count). The zero-order valence-electron chi connectivity index (χ0n) is 15.5. The highest BCUT2D eigenvalue weighted by Crippen LogP contribution is 2.33. The minimum atomic E-state index is -0.384. The number of hydrogen-bond acceptors (Lipinski definition) is 4. The summed E-state index contributed by atoms with van der Waals surface area (Å²) in [6, 6.07) is 21.2. The highest BCUT2D eigenvalue weighted by molar-refractivity contribution is 6.30. The van der Waals surface area contributed by atoms with Crippen molar-refractivity contribution in [3.05, 3.63) is 94.9 Å². The SMILES string of the molecule is C/C(=N/N1C(=O)CN(Cc2ccccc2)[C@@H]1c1ccco1)c1ccc(Cl)cc1. The molecule has 1 aromatic heterocycles. The molecule has 0 unspecified atom stereocenters. The van der Waals surface area contributed by atoms with Gasteiger partial charge in [-0.2, -0.15) is 5.10 Å². The van der Waals surface area contributed by atoms with Gasteiger partial charge in [0.15, 0.2) is 6.17 Å². The van der Waals surface area contributed by atoms with Crippen molar-refractivity contribution in [2.75, 3.05) is 6.54 Å². The average molecular weight is 394 g/mol. The van der Waals surface area contributed by atoms with E-state index in [9.17, 15) is 4.79 Å². The Morgan fingerprint density at radius 3 is 2.54 bits per heavy atom. The van der Waals surface area contributed by atoms with Crippen LogP contribution in [0.2, 0.25) is 5.02 Å². The molecular formula is C22H20ClN3O2. The maximum absolute atomic E-state index is 12.8. The van der Waals surface area contributed by atoms with E-state index in [0.29, 0.717) is 17.3 Å². The monoisotopic (exact) mass is 393 g/mol. The normalized spacial score (nSPS) is 18.1. The molecule has 28 heavy (non-hydrogen) atoms. The van der Waals surface area contributed by atoms with Crippen molar-refractivity contribution in [3.8, 4) is 0 Å². The smallest absolute Gasteiger partial charge is 0.258 e. The molecular weight excluding hydrogens is 374 g/mol. The Balaban J connectivity index is 1.66. The van der Waals surface area contributed by atoms with E-state index < -0.39 is 0 Å². The average Bonchev–Trinajstić information content (AvgIpc) is 3.32. The van der Waals surface area contributed by atoms with Gasteiger partial charge in [-0.1, -0.05) is 54.1 Å². The Bertz CT molecular complexity index is 969. The number of carbonyl (C=O) groups excluding carboxylic acids is 1. The van der Waals surface area contributed by atoms with E-state index in [2.05, 4.69) is 22.1 Å². The predicted molar refractivity (Wildman–Crippen MR) is 109 cm³/mol. The van der Waals surface area contributed by atoms with Crippen LogP contribution in [-0.2, 0) is 11.3 Å². The molecule has 1 amide bonds. The van der Waals surface area contributed by atoms with E-state index in [1.54, 1.807) is 6.26 Å². The molecule has 1 fully saturated rings. The molecule has 142 valence electrons. The molecule has 1 atom stereocenters. The first-order valence-corrected chi connectivity index (χ1v) is 9.44. The van der Waals surface area contributed by atoms with Crippen LogP contribution in [0.1, 0.15) is 30.0 Å². The Morgan fingerprint density at radius 2 is 1.86 bits per heavy atom. The Labute approximate surface area is 168 Å². The Hall–Kier alpha value is -2.89. The van der Waals surface area contributed by atoms with E-state index >= 15 is 0 Å². The van der Waals surface area contributed by atoms with E-state index in [1.165, 1.54) is 5.01 Å². The summed E-state index contributed by atoms with van der Waals surface area (Å²) in [5.74, 6) is 0.625. The number of halogens is 1. The fraction of sp³-hybridized carbons (Fsp3) is 0.182. The second-order valence-electron chi connectivity index (χ2n) is 6.71. The lowest BCUT2D eigenvalue weighted by Gasteiger charge is -2.25. The molecule has 0 radical (unpaired) electrons. The van der Waals surface area contributed by atoms with Crippen molar-refractivity contribution in [1.29, 1.82) is 0 Å². The number of nitrogens with zero attached hydrogens (tertiary/aromatic N) is 3. The molecule has 0 N–H and O–H groups in total. The molecule has 1 saturated heterocycles. The molecule has 5 nitrogen and oxygen atoms in total. The molecule has 1 aliphatic heterocycles. The zero-order chi connectivity index (χ0) is 19.5. The van der Waals surface area contributed by atoms with Crippen molar-refractivity contribution in [2.24, 2.45) is 5.10 Å². The lowest BCUT2D eigenvalue weighted by Crippen LogP contribution is -2.29. The second-order valence-corrected chi connectivity index (χ2v) is 7.15. The molecule has 0 saturated carbocycles. The van der Waals surface area contributed by atoms with Gasteiger partial charge in [0.2, 0.25) is 0 Å². The fourth-order valence-corrected chi connectivity index (χ4v) is 3.47. The summed E-state index contributed by atoms with van der Waals surface area (Å²) in [7, 11) is 0. The van der Waals surface area contributed by atoms with Gasteiger partial charge in [-0.15, -0.1) is 0 Å². The Kier molecular flexibility index (Phi) is 5.28. The third kappa shape index (κ3) is 3.86. The van der Waals surface area contributed by atoms with E-state index in [4.69, 9.17) is 16.0 Å². The summed E-state index contributed by atoms with van der Waals surface area (Å²) < 4.78 is 5.64. The summed E-state index contributed by atoms with van der Waals surface area (Å²) >= 11 is 5.97. The zero-order valence-corrected chi connectivity index (χ0v) is 16.2. The molecule has 2 aromatic carbocycles. The van der Waals surface area contributed by atoms with Gasteiger partial charge in [0.25, 0.3) is 5.91 Å². The third-order valence-electron chi connectivity index (χ3n) is 4.72. The summed E-state index contributed by atoms with van der Waals surface area (Å²) in [6.45, 7) is 2.79. The second kappa shape index (κ2) is 8.00. The van der Waals surface area contributed by atoms with E-state index in [-0.39, 0.29) is 18.6 Å². The number of benzene rings is 2. The molecule has 6 heteroatoms. The van der Waals surface area contributed by atoms with Crippen LogP contribution in [0.3, 0.4) is 0 Å². The molecule has 0 spiro atoms. The van der Waals surface area contributed by atoms with Crippen LogP contribution in [0.25, 0.3) is 0 Å². The first-order chi connectivity index (χ1) is 13.6. The van der Waals surface area contributed by atoms with Crippen LogP contribution in [0.5, 0.6) is 0 Å². The summed E-state index contributed by atoms with van der Waals surface area (Å²) in [5.41, 5.74) is 2.78. The number of hydrazone groups is 1. The lowest BCUT2D eigenvalue weighted by molar-refractivity contribution is -0.128. The van der Waals surface area contributed by atoms with Crippen molar-refractivity contribution in [3.63, 3.8) is 0 Å². The largest absolute Gasteiger partial charge is 0.466 e. The quantitative estimate of drug-likeness (QED) is 0.590. The van der Waals surface area contributed by atoms with Gasteiger partial charge in [-0.3, -0.25) is 9.69 Å². The van der Waals surface area contributed by atoms with Crippen LogP contribution in [0.15, 0.2) is 82.5 Å². The molecule has 1 aliphatic rings. The highest BCUT2D eigenvalue weighted by Gasteiger charge is 2.41. The van der Waals surface area contributed by atoms with Crippen molar-refractivity contribution in [2.45, 2.75) is 19.6 Å². The highest BCUT2D eigenvalue weighted by atomic mass is 35.5. The maximum Gasteiger partial charge on any atom is 0.258 e. The minimum Gasteiger partial charge on any atom is -0.466 e. The number of rotatable bonds is 5. The van der Waals surface area contributed by atoms with Gasteiger partial charge in [0.1, 0.15) is 5.76 Å². The topological polar surface area (TPSA) is 49.1 Å². The lowest BCUT2D eigenvalue weighted by atomic mass is 10.1. The van der Waals surface area contributed by atoms with Gasteiger partial charge in [0.05, 0.1) is 18.5 Å². The fourth-order valence-electron chi connectivity index (χ4n) is 3.34. The van der Waals surface area contributed by atoms with Crippen LogP contribution in [-0.4, -0.2) is 28.1 Å². The number of furan rings is 1. The molecule has 0 bridgehead atoms. The van der Waals surface area contributed by atoms with Gasteiger partial charge in [-0.05, 0) is 42.3 Å². The number of carbonyl (C=O) groups is 1. The van der Waals surface area contributed by atoms with Gasteiger partial charge >= 0.3 is 0 Å². The van der Waals surface area contributed by atoms with Crippen molar-refractivity contribution < 1.29 is 9.21 Å². The molecule has 2 heterocycles. The van der Waals surface area contributed by atoms with Crippen LogP contribution in [0.4, 0.5) is 0 Å². The third-order valence-corrected chi connectivity index (χ3v) is 4.97. The maximum atomic E-state index is 12.8. The number of hydrogen-bond donors (Lipinski definition) is 0. The number of amides is 1. The predicted octanol–water partition coefficient (Wildman–Crippen LogP) is 4.70. The van der Waals surface area contributed by atoms with Crippen LogP contribution < -0.4 is 0 Å². The minimum absolute atomic E-state index is 0.0642. The van der Waals surface area contributed by atoms with E-state index in [1.807, 2.05) is 61.5 Å². The van der Waals surface area contributed by atoms with Gasteiger partial charge in [0, 0.05) is 11.6 Å². The van der Waals surface area contributed by atoms with Crippen molar-refractivity contribution >= 4 is 23.2 Å². The summed E-state index contributed by atoms with van der Waals surface area (Å²) in [6.07, 6.45) is 1.23. The first-order valence-electron chi connectivity index (χ1n) is 9.06. The van der Waals surface area contributed by atoms with Gasteiger partial charge < -0.3 is 4.42 Å².